The van der Waals surface area contributed by atoms with Crippen molar-refractivity contribution in [2.75, 3.05) is 38.5 Å². The molecule has 0 aromatic heterocycles. The predicted molar refractivity (Wildman–Crippen MR) is 122 cm³/mol. The van der Waals surface area contributed by atoms with E-state index in [-0.39, 0.29) is 12.1 Å². The maximum Gasteiger partial charge on any atom is 0.416 e. The lowest BCUT2D eigenvalue weighted by atomic mass is 9.83. The van der Waals surface area contributed by atoms with Gasteiger partial charge in [0.05, 0.1) is 5.56 Å². The van der Waals surface area contributed by atoms with Crippen LogP contribution in [0.1, 0.15) is 40.3 Å². The van der Waals surface area contributed by atoms with Gasteiger partial charge in [-0.1, -0.05) is 31.2 Å². The molecule has 0 bridgehead atoms. The molecule has 1 atom stereocenters. The number of rotatable bonds is 4. The lowest BCUT2D eigenvalue weighted by molar-refractivity contribution is -0.138. The van der Waals surface area contributed by atoms with Gasteiger partial charge in [0.15, 0.2) is 0 Å². The molecule has 0 saturated carbocycles. The second-order valence-electron chi connectivity index (χ2n) is 8.62. The maximum absolute atomic E-state index is 14.1. The SMILES string of the molecule is CCN1CCN(Cc2ccc(C3(N)NC=Cc4c3ccc(C)c4N)cc2C(F)(F)F)CC1. The molecule has 0 spiro atoms. The van der Waals surface area contributed by atoms with E-state index in [4.69, 9.17) is 11.5 Å². The van der Waals surface area contributed by atoms with Crippen molar-refractivity contribution in [1.29, 1.82) is 0 Å². The number of hydrogen-bond donors (Lipinski definition) is 3. The maximum atomic E-state index is 14.1. The Labute approximate surface area is 186 Å². The molecule has 2 aromatic rings. The van der Waals surface area contributed by atoms with Gasteiger partial charge >= 0.3 is 6.18 Å². The standard InChI is InChI=1S/C24H30F3N5/c1-3-31-10-12-32(13-11-31)15-17-5-6-18(14-21(17)24(25,26)27)23(29)20-7-4-16(2)22(28)19(20)8-9-30-23/h4-9,14,30H,3,10-13,15,28-29H2,1-2H3. The van der Waals surface area contributed by atoms with Gasteiger partial charge in [0.2, 0.25) is 0 Å². The minimum Gasteiger partial charge on any atom is -0.398 e. The molecule has 2 heterocycles. The fourth-order valence-electron chi connectivity index (χ4n) is 4.57. The number of nitrogens with zero attached hydrogens (tertiary/aromatic N) is 2. The number of hydrogen-bond acceptors (Lipinski definition) is 5. The molecule has 2 aliphatic heterocycles. The summed E-state index contributed by atoms with van der Waals surface area (Å²) in [6, 6.07) is 8.11. The number of fused-ring (bicyclic) bond motifs is 1. The second-order valence-corrected chi connectivity index (χ2v) is 8.62. The molecule has 2 aliphatic rings. The lowest BCUT2D eigenvalue weighted by Gasteiger charge is -2.37. The van der Waals surface area contributed by atoms with Crippen LogP contribution in [0.5, 0.6) is 0 Å². The topological polar surface area (TPSA) is 70.5 Å². The summed E-state index contributed by atoms with van der Waals surface area (Å²) in [6.45, 7) is 8.46. The van der Waals surface area contributed by atoms with Gasteiger partial charge in [-0.05, 0) is 48.5 Å². The van der Waals surface area contributed by atoms with Crippen molar-refractivity contribution in [1.82, 2.24) is 15.1 Å². The highest BCUT2D eigenvalue weighted by atomic mass is 19.4. The van der Waals surface area contributed by atoms with E-state index in [1.54, 1.807) is 24.4 Å². The van der Waals surface area contributed by atoms with Gasteiger partial charge in [0.25, 0.3) is 0 Å². The third-order valence-electron chi connectivity index (χ3n) is 6.67. The van der Waals surface area contributed by atoms with Gasteiger partial charge in [-0.3, -0.25) is 4.90 Å². The van der Waals surface area contributed by atoms with Crippen molar-refractivity contribution in [3.05, 3.63) is 69.9 Å². The Morgan fingerprint density at radius 2 is 1.75 bits per heavy atom. The van der Waals surface area contributed by atoms with Crippen LogP contribution in [0, 0.1) is 6.92 Å². The fourth-order valence-corrected chi connectivity index (χ4v) is 4.57. The third-order valence-corrected chi connectivity index (χ3v) is 6.67. The molecule has 4 rings (SSSR count). The molecule has 0 aliphatic carbocycles. The first-order valence-corrected chi connectivity index (χ1v) is 10.9. The molecular formula is C24H30F3N5. The first-order valence-electron chi connectivity index (χ1n) is 10.9. The van der Waals surface area contributed by atoms with Crippen molar-refractivity contribution < 1.29 is 13.2 Å². The summed E-state index contributed by atoms with van der Waals surface area (Å²) >= 11 is 0. The van der Waals surface area contributed by atoms with E-state index < -0.39 is 17.4 Å². The number of piperazine rings is 1. The Bertz CT molecular complexity index is 1030. The summed E-state index contributed by atoms with van der Waals surface area (Å²) in [6.07, 6.45) is -1.03. The van der Waals surface area contributed by atoms with Crippen LogP contribution in [0.2, 0.25) is 0 Å². The Balaban J connectivity index is 1.70. The molecule has 32 heavy (non-hydrogen) atoms. The first-order chi connectivity index (χ1) is 15.1. The van der Waals surface area contributed by atoms with E-state index in [0.29, 0.717) is 16.8 Å². The zero-order chi connectivity index (χ0) is 23.1. The van der Waals surface area contributed by atoms with Crippen molar-refractivity contribution in [3.8, 4) is 0 Å². The first kappa shape index (κ1) is 22.6. The number of nitrogens with one attached hydrogen (secondary N) is 1. The van der Waals surface area contributed by atoms with E-state index in [0.717, 1.165) is 43.9 Å². The molecule has 2 aromatic carbocycles. The summed E-state index contributed by atoms with van der Waals surface area (Å²) in [4.78, 5) is 4.38. The zero-order valence-corrected chi connectivity index (χ0v) is 18.5. The van der Waals surface area contributed by atoms with E-state index >= 15 is 0 Å². The average molecular weight is 446 g/mol. The Morgan fingerprint density at radius 3 is 2.41 bits per heavy atom. The van der Waals surface area contributed by atoms with Crippen LogP contribution in [0.3, 0.4) is 0 Å². The Hall–Kier alpha value is -2.55. The molecule has 5 nitrogen and oxygen atoms in total. The summed E-state index contributed by atoms with van der Waals surface area (Å²) in [5, 5.41) is 3.06. The van der Waals surface area contributed by atoms with Gasteiger partial charge < -0.3 is 21.7 Å². The highest BCUT2D eigenvalue weighted by Crippen LogP contribution is 2.39. The quantitative estimate of drug-likeness (QED) is 0.629. The van der Waals surface area contributed by atoms with Gasteiger partial charge in [-0.2, -0.15) is 13.2 Å². The predicted octanol–water partition coefficient (Wildman–Crippen LogP) is 3.47. The Kier molecular flexibility index (Phi) is 5.96. The van der Waals surface area contributed by atoms with Gasteiger partial charge in [0, 0.05) is 49.5 Å². The minimum atomic E-state index is -4.48. The molecule has 5 N–H and O–H groups in total. The highest BCUT2D eigenvalue weighted by molar-refractivity contribution is 5.74. The number of aryl methyl sites for hydroxylation is 1. The van der Waals surface area contributed by atoms with Crippen molar-refractivity contribution in [2.45, 2.75) is 32.2 Å². The highest BCUT2D eigenvalue weighted by Gasteiger charge is 2.39. The molecule has 0 radical (unpaired) electrons. The molecule has 8 heteroatoms. The molecule has 1 unspecified atom stereocenters. The summed E-state index contributed by atoms with van der Waals surface area (Å²) in [5.41, 5.74) is 14.4. The smallest absolute Gasteiger partial charge is 0.398 e. The number of benzene rings is 2. The largest absolute Gasteiger partial charge is 0.416 e. The molecule has 172 valence electrons. The van der Waals surface area contributed by atoms with Crippen LogP contribution in [0.15, 0.2) is 36.5 Å². The van der Waals surface area contributed by atoms with E-state index in [1.807, 2.05) is 19.1 Å². The number of nitrogen functional groups attached to an aromatic ring is 1. The van der Waals surface area contributed by atoms with E-state index in [1.165, 1.54) is 6.07 Å². The van der Waals surface area contributed by atoms with Crippen LogP contribution in [-0.4, -0.2) is 42.5 Å². The van der Waals surface area contributed by atoms with Gasteiger partial charge in [-0.25, -0.2) is 0 Å². The number of anilines is 1. The second kappa shape index (κ2) is 8.42. The van der Waals surface area contributed by atoms with Crippen LogP contribution in [0.25, 0.3) is 6.08 Å². The fraction of sp³-hybridized carbons (Fsp3) is 0.417. The lowest BCUT2D eigenvalue weighted by Crippen LogP contribution is -2.51. The monoisotopic (exact) mass is 445 g/mol. The summed E-state index contributed by atoms with van der Waals surface area (Å²) < 4.78 is 42.2. The van der Waals surface area contributed by atoms with Crippen molar-refractivity contribution in [2.24, 2.45) is 5.73 Å². The van der Waals surface area contributed by atoms with Crippen LogP contribution in [0.4, 0.5) is 18.9 Å². The summed E-state index contributed by atoms with van der Waals surface area (Å²) in [5.74, 6) is 0. The number of halogens is 3. The average Bonchev–Trinajstić information content (AvgIpc) is 2.76. The summed E-state index contributed by atoms with van der Waals surface area (Å²) in [7, 11) is 0. The zero-order valence-electron chi connectivity index (χ0n) is 18.5. The normalized spacial score (nSPS) is 21.9. The molecule has 0 amide bonds. The molecule has 1 saturated heterocycles. The number of likely N-dealkylation sites (N-methyl/N-ethyl adjacent to an activating group) is 1. The van der Waals surface area contributed by atoms with Crippen molar-refractivity contribution >= 4 is 11.8 Å². The van der Waals surface area contributed by atoms with E-state index in [2.05, 4.69) is 22.0 Å². The van der Waals surface area contributed by atoms with E-state index in [9.17, 15) is 13.2 Å². The van der Waals surface area contributed by atoms with Gasteiger partial charge in [0.1, 0.15) is 5.66 Å². The van der Waals surface area contributed by atoms with Crippen molar-refractivity contribution in [3.63, 3.8) is 0 Å². The van der Waals surface area contributed by atoms with Crippen LogP contribution >= 0.6 is 0 Å². The van der Waals surface area contributed by atoms with Crippen LogP contribution < -0.4 is 16.8 Å². The van der Waals surface area contributed by atoms with Crippen LogP contribution in [-0.2, 0) is 18.4 Å². The molecular weight excluding hydrogens is 415 g/mol. The van der Waals surface area contributed by atoms with Gasteiger partial charge in [-0.15, -0.1) is 0 Å². The molecule has 1 fully saturated rings. The number of alkyl halides is 3. The minimum absolute atomic E-state index is 0.264. The number of nitrogens with two attached hydrogens (primary N) is 2. The third kappa shape index (κ3) is 4.10. The Morgan fingerprint density at radius 1 is 1.06 bits per heavy atom.